The number of nitrogens with zero attached hydrogens (tertiary/aromatic N) is 2. The van der Waals surface area contributed by atoms with Crippen molar-refractivity contribution in [3.63, 3.8) is 0 Å². The first-order valence-corrected chi connectivity index (χ1v) is 7.00. The van der Waals surface area contributed by atoms with Crippen molar-refractivity contribution < 1.29 is 0 Å². The Bertz CT molecular complexity index is 213. The van der Waals surface area contributed by atoms with Crippen LogP contribution in [-0.2, 0) is 0 Å². The molecule has 1 heterocycles. The predicted octanol–water partition coefficient (Wildman–Crippen LogP) is 1.29. The van der Waals surface area contributed by atoms with E-state index in [2.05, 4.69) is 41.3 Å². The van der Waals surface area contributed by atoms with Crippen molar-refractivity contribution in [2.24, 2.45) is 10.9 Å². The van der Waals surface area contributed by atoms with Crippen molar-refractivity contribution >= 4 is 5.96 Å². The van der Waals surface area contributed by atoms with Gasteiger partial charge in [0.2, 0.25) is 0 Å². The van der Waals surface area contributed by atoms with E-state index >= 15 is 0 Å². The molecule has 0 aromatic carbocycles. The van der Waals surface area contributed by atoms with Crippen molar-refractivity contribution in [1.82, 2.24) is 15.5 Å². The zero-order valence-electron chi connectivity index (χ0n) is 11.6. The summed E-state index contributed by atoms with van der Waals surface area (Å²) in [6.45, 7) is 13.0. The van der Waals surface area contributed by atoms with Crippen molar-refractivity contribution in [3.8, 4) is 0 Å². The predicted molar refractivity (Wildman–Crippen MR) is 74.5 cm³/mol. The first kappa shape index (κ1) is 14.3. The monoisotopic (exact) mass is 240 g/mol. The van der Waals surface area contributed by atoms with Gasteiger partial charge in [-0.1, -0.05) is 6.92 Å². The summed E-state index contributed by atoms with van der Waals surface area (Å²) >= 11 is 0. The van der Waals surface area contributed by atoms with Crippen LogP contribution in [-0.4, -0.2) is 50.1 Å². The zero-order valence-corrected chi connectivity index (χ0v) is 11.6. The van der Waals surface area contributed by atoms with Gasteiger partial charge in [-0.25, -0.2) is 0 Å². The van der Waals surface area contributed by atoms with E-state index in [9.17, 15) is 0 Å². The van der Waals surface area contributed by atoms with E-state index < -0.39 is 0 Å². The molecule has 0 amide bonds. The average molecular weight is 240 g/mol. The van der Waals surface area contributed by atoms with Crippen LogP contribution in [0.25, 0.3) is 0 Å². The number of aliphatic imine (C=N–C) groups is 1. The van der Waals surface area contributed by atoms with Crippen LogP contribution in [0.4, 0.5) is 0 Å². The summed E-state index contributed by atoms with van der Waals surface area (Å²) < 4.78 is 0. The van der Waals surface area contributed by atoms with Crippen LogP contribution < -0.4 is 10.6 Å². The van der Waals surface area contributed by atoms with E-state index in [1.165, 1.54) is 32.5 Å². The highest BCUT2D eigenvalue weighted by atomic mass is 15.2. The van der Waals surface area contributed by atoms with Gasteiger partial charge in [-0.15, -0.1) is 0 Å². The molecule has 0 aliphatic carbocycles. The summed E-state index contributed by atoms with van der Waals surface area (Å²) in [7, 11) is 0. The van der Waals surface area contributed by atoms with E-state index in [1.54, 1.807) is 0 Å². The maximum absolute atomic E-state index is 4.61. The summed E-state index contributed by atoms with van der Waals surface area (Å²) in [6.07, 6.45) is 2.74. The van der Waals surface area contributed by atoms with Crippen molar-refractivity contribution in [3.05, 3.63) is 0 Å². The molecule has 1 atom stereocenters. The molecule has 100 valence electrons. The minimum Gasteiger partial charge on any atom is -0.357 e. The van der Waals surface area contributed by atoms with E-state index in [0.29, 0.717) is 5.92 Å². The topological polar surface area (TPSA) is 39.7 Å². The van der Waals surface area contributed by atoms with Gasteiger partial charge in [0.25, 0.3) is 0 Å². The molecule has 1 fully saturated rings. The molecular weight excluding hydrogens is 212 g/mol. The molecule has 0 radical (unpaired) electrons. The van der Waals surface area contributed by atoms with Crippen molar-refractivity contribution in [1.29, 1.82) is 0 Å². The van der Waals surface area contributed by atoms with Crippen LogP contribution in [0.2, 0.25) is 0 Å². The van der Waals surface area contributed by atoms with Gasteiger partial charge in [-0.2, -0.15) is 0 Å². The molecule has 4 nitrogen and oxygen atoms in total. The van der Waals surface area contributed by atoms with Gasteiger partial charge in [-0.3, -0.25) is 4.99 Å². The number of guanidine groups is 1. The lowest BCUT2D eigenvalue weighted by Crippen LogP contribution is -2.37. The van der Waals surface area contributed by atoms with Gasteiger partial charge in [0, 0.05) is 26.2 Å². The molecule has 0 unspecified atom stereocenters. The van der Waals surface area contributed by atoms with E-state index in [0.717, 1.165) is 25.6 Å². The molecule has 0 aromatic rings. The summed E-state index contributed by atoms with van der Waals surface area (Å²) in [6, 6.07) is 0. The lowest BCUT2D eigenvalue weighted by atomic mass is 10.2. The lowest BCUT2D eigenvalue weighted by molar-refractivity contribution is 0.291. The molecule has 4 heteroatoms. The standard InChI is InChI=1S/C13H28N4/c1-4-14-13(15-5-2)16-10-12(3)11-17-8-6-7-9-17/h12H,4-11H2,1-3H3,(H2,14,15,16)/t12-/m1/s1. The van der Waals surface area contributed by atoms with Crippen LogP contribution in [0.1, 0.15) is 33.6 Å². The Balaban J connectivity index is 2.26. The Labute approximate surface area is 106 Å². The second kappa shape index (κ2) is 8.34. The molecule has 1 saturated heterocycles. The highest BCUT2D eigenvalue weighted by Gasteiger charge is 2.14. The molecular formula is C13H28N4. The maximum Gasteiger partial charge on any atom is 0.191 e. The van der Waals surface area contributed by atoms with Crippen molar-refractivity contribution in [2.45, 2.75) is 33.6 Å². The summed E-state index contributed by atoms with van der Waals surface area (Å²) in [5, 5.41) is 6.52. The largest absolute Gasteiger partial charge is 0.357 e. The third kappa shape index (κ3) is 5.91. The fraction of sp³-hybridized carbons (Fsp3) is 0.923. The SMILES string of the molecule is CCNC(=NC[C@@H](C)CN1CCCC1)NCC. The zero-order chi connectivity index (χ0) is 12.5. The number of nitrogens with one attached hydrogen (secondary N) is 2. The molecule has 2 N–H and O–H groups in total. The highest BCUT2D eigenvalue weighted by Crippen LogP contribution is 2.10. The Kier molecular flexibility index (Phi) is 7.01. The molecule has 0 bridgehead atoms. The van der Waals surface area contributed by atoms with Gasteiger partial charge in [0.05, 0.1) is 0 Å². The Hall–Kier alpha value is -0.770. The molecule has 0 spiro atoms. The molecule has 17 heavy (non-hydrogen) atoms. The van der Waals surface area contributed by atoms with Crippen LogP contribution in [0.15, 0.2) is 4.99 Å². The number of likely N-dealkylation sites (tertiary alicyclic amines) is 1. The first-order valence-electron chi connectivity index (χ1n) is 7.00. The summed E-state index contributed by atoms with van der Waals surface area (Å²) in [4.78, 5) is 7.17. The van der Waals surface area contributed by atoms with Gasteiger partial charge >= 0.3 is 0 Å². The second-order valence-electron chi connectivity index (χ2n) is 4.86. The minimum absolute atomic E-state index is 0.639. The second-order valence-corrected chi connectivity index (χ2v) is 4.86. The minimum atomic E-state index is 0.639. The number of rotatable bonds is 6. The molecule has 0 aromatic heterocycles. The maximum atomic E-state index is 4.61. The first-order chi connectivity index (χ1) is 8.26. The quantitative estimate of drug-likeness (QED) is 0.543. The lowest BCUT2D eigenvalue weighted by Gasteiger charge is -2.19. The fourth-order valence-electron chi connectivity index (χ4n) is 2.22. The third-order valence-electron chi connectivity index (χ3n) is 3.02. The summed E-state index contributed by atoms with van der Waals surface area (Å²) in [5.74, 6) is 1.59. The Morgan fingerprint density at radius 2 is 1.76 bits per heavy atom. The fourth-order valence-corrected chi connectivity index (χ4v) is 2.22. The van der Waals surface area contributed by atoms with Gasteiger partial charge in [0.1, 0.15) is 0 Å². The van der Waals surface area contributed by atoms with E-state index in [4.69, 9.17) is 0 Å². The number of hydrogen-bond acceptors (Lipinski definition) is 2. The number of hydrogen-bond donors (Lipinski definition) is 2. The Morgan fingerprint density at radius 3 is 2.29 bits per heavy atom. The van der Waals surface area contributed by atoms with Crippen LogP contribution in [0, 0.1) is 5.92 Å². The smallest absolute Gasteiger partial charge is 0.191 e. The van der Waals surface area contributed by atoms with E-state index in [1.807, 2.05) is 0 Å². The summed E-state index contributed by atoms with van der Waals surface area (Å²) in [5.41, 5.74) is 0. The van der Waals surface area contributed by atoms with Crippen molar-refractivity contribution in [2.75, 3.05) is 39.3 Å². The molecule has 1 aliphatic heterocycles. The van der Waals surface area contributed by atoms with E-state index in [-0.39, 0.29) is 0 Å². The normalized spacial score (nSPS) is 17.8. The average Bonchev–Trinajstić information content (AvgIpc) is 2.79. The Morgan fingerprint density at radius 1 is 1.18 bits per heavy atom. The highest BCUT2D eigenvalue weighted by molar-refractivity contribution is 5.79. The molecule has 1 aliphatic rings. The van der Waals surface area contributed by atoms with Crippen LogP contribution in [0.3, 0.4) is 0 Å². The van der Waals surface area contributed by atoms with Gasteiger partial charge < -0.3 is 15.5 Å². The molecule has 0 saturated carbocycles. The van der Waals surface area contributed by atoms with Crippen LogP contribution >= 0.6 is 0 Å². The molecule has 1 rings (SSSR count). The van der Waals surface area contributed by atoms with Gasteiger partial charge in [-0.05, 0) is 45.7 Å². The van der Waals surface area contributed by atoms with Gasteiger partial charge in [0.15, 0.2) is 5.96 Å². The van der Waals surface area contributed by atoms with Crippen LogP contribution in [0.5, 0.6) is 0 Å². The third-order valence-corrected chi connectivity index (χ3v) is 3.02.